The Hall–Kier alpha value is -2.96. The molecule has 7 nitrogen and oxygen atoms in total. The normalized spacial score (nSPS) is 12.3. The first kappa shape index (κ1) is 15.0. The van der Waals surface area contributed by atoms with Crippen molar-refractivity contribution in [3.8, 4) is 5.69 Å². The van der Waals surface area contributed by atoms with Crippen molar-refractivity contribution in [3.05, 3.63) is 53.2 Å². The quantitative estimate of drug-likeness (QED) is 0.685. The van der Waals surface area contributed by atoms with Crippen LogP contribution in [0.2, 0.25) is 0 Å². The summed E-state index contributed by atoms with van der Waals surface area (Å²) in [5.74, 6) is -0.466. The van der Waals surface area contributed by atoms with Crippen LogP contribution in [0.5, 0.6) is 0 Å². The van der Waals surface area contributed by atoms with Crippen LogP contribution in [0.4, 0.5) is 0 Å². The third-order valence-corrected chi connectivity index (χ3v) is 3.71. The van der Waals surface area contributed by atoms with Gasteiger partial charge in [-0.15, -0.1) is 0 Å². The average Bonchev–Trinajstić information content (AvgIpc) is 3.03. The van der Waals surface area contributed by atoms with Crippen LogP contribution in [0.1, 0.15) is 19.4 Å². The van der Waals surface area contributed by atoms with Gasteiger partial charge < -0.3 is 4.74 Å². The number of carbonyl (C=O) groups excluding carboxylic acids is 1. The molecule has 23 heavy (non-hydrogen) atoms. The van der Waals surface area contributed by atoms with Gasteiger partial charge in [-0.05, 0) is 18.6 Å². The van der Waals surface area contributed by atoms with Crippen molar-refractivity contribution in [2.75, 3.05) is 7.11 Å². The van der Waals surface area contributed by atoms with E-state index in [-0.39, 0.29) is 5.56 Å². The first-order valence-electron chi connectivity index (χ1n) is 7.25. The van der Waals surface area contributed by atoms with Crippen LogP contribution in [-0.2, 0) is 9.53 Å². The maximum absolute atomic E-state index is 12.7. The average molecular weight is 312 g/mol. The number of fused-ring (bicyclic) bond motifs is 1. The highest BCUT2D eigenvalue weighted by Crippen LogP contribution is 2.16. The van der Waals surface area contributed by atoms with Crippen LogP contribution in [-0.4, -0.2) is 32.4 Å². The van der Waals surface area contributed by atoms with Gasteiger partial charge in [-0.3, -0.25) is 9.36 Å². The molecule has 3 aromatic rings. The predicted molar refractivity (Wildman–Crippen MR) is 84.5 cm³/mol. The lowest BCUT2D eigenvalue weighted by Gasteiger charge is -2.15. The summed E-state index contributed by atoms with van der Waals surface area (Å²) in [5.41, 5.74) is 0.957. The zero-order valence-corrected chi connectivity index (χ0v) is 12.8. The van der Waals surface area contributed by atoms with Gasteiger partial charge in [-0.25, -0.2) is 14.5 Å². The van der Waals surface area contributed by atoms with E-state index in [1.54, 1.807) is 4.68 Å². The van der Waals surface area contributed by atoms with Crippen molar-refractivity contribution >= 4 is 17.0 Å². The monoisotopic (exact) mass is 312 g/mol. The van der Waals surface area contributed by atoms with Crippen molar-refractivity contribution in [3.63, 3.8) is 0 Å². The van der Waals surface area contributed by atoms with Crippen LogP contribution >= 0.6 is 0 Å². The van der Waals surface area contributed by atoms with E-state index in [2.05, 4.69) is 10.1 Å². The molecule has 1 atom stereocenters. The summed E-state index contributed by atoms with van der Waals surface area (Å²) in [6.45, 7) is 1.81. The third kappa shape index (κ3) is 2.50. The fourth-order valence-corrected chi connectivity index (χ4v) is 2.52. The molecule has 0 radical (unpaired) electrons. The van der Waals surface area contributed by atoms with Gasteiger partial charge in [-0.1, -0.05) is 25.1 Å². The first-order valence-corrected chi connectivity index (χ1v) is 7.25. The first-order chi connectivity index (χ1) is 11.2. The minimum Gasteiger partial charge on any atom is -0.467 e. The molecule has 0 saturated heterocycles. The van der Waals surface area contributed by atoms with Crippen LogP contribution in [0.15, 0.2) is 47.7 Å². The molecule has 118 valence electrons. The number of nitrogens with zero attached hydrogens (tertiary/aromatic N) is 4. The van der Waals surface area contributed by atoms with E-state index in [1.165, 1.54) is 24.2 Å². The number of benzene rings is 1. The van der Waals surface area contributed by atoms with Gasteiger partial charge in [-0.2, -0.15) is 5.10 Å². The van der Waals surface area contributed by atoms with Crippen LogP contribution < -0.4 is 5.56 Å². The summed E-state index contributed by atoms with van der Waals surface area (Å²) in [6.07, 6.45) is 3.28. The minimum atomic E-state index is -0.690. The van der Waals surface area contributed by atoms with Gasteiger partial charge in [0.15, 0.2) is 5.65 Å². The fraction of sp³-hybridized carbons (Fsp3) is 0.250. The SMILES string of the molecule is CC[C@H](C(=O)OC)n1cnc2c(cnn2-c2ccccc2)c1=O. The highest BCUT2D eigenvalue weighted by molar-refractivity contribution is 5.77. The van der Waals surface area contributed by atoms with Crippen molar-refractivity contribution < 1.29 is 9.53 Å². The highest BCUT2D eigenvalue weighted by atomic mass is 16.5. The van der Waals surface area contributed by atoms with Gasteiger partial charge in [0.2, 0.25) is 0 Å². The molecular weight excluding hydrogens is 296 g/mol. The zero-order chi connectivity index (χ0) is 16.4. The molecule has 3 rings (SSSR count). The number of para-hydroxylation sites is 1. The molecule has 0 amide bonds. The summed E-state index contributed by atoms with van der Waals surface area (Å²) in [4.78, 5) is 28.8. The molecule has 0 aliphatic heterocycles. The maximum atomic E-state index is 12.7. The number of rotatable bonds is 4. The molecule has 1 aromatic carbocycles. The van der Waals surface area contributed by atoms with Crippen molar-refractivity contribution in [2.45, 2.75) is 19.4 Å². The van der Waals surface area contributed by atoms with E-state index in [0.717, 1.165) is 5.69 Å². The van der Waals surface area contributed by atoms with Crippen molar-refractivity contribution in [1.82, 2.24) is 19.3 Å². The second-order valence-corrected chi connectivity index (χ2v) is 5.03. The number of aromatic nitrogens is 4. The maximum Gasteiger partial charge on any atom is 0.329 e. The number of carbonyl (C=O) groups is 1. The Morgan fingerprint density at radius 2 is 2.04 bits per heavy atom. The second kappa shape index (κ2) is 6.04. The Morgan fingerprint density at radius 1 is 1.30 bits per heavy atom. The molecule has 0 aliphatic rings. The van der Waals surface area contributed by atoms with Gasteiger partial charge in [0, 0.05) is 0 Å². The molecule has 0 spiro atoms. The van der Waals surface area contributed by atoms with Crippen molar-refractivity contribution in [2.24, 2.45) is 0 Å². The van der Waals surface area contributed by atoms with Crippen molar-refractivity contribution in [1.29, 1.82) is 0 Å². The number of methoxy groups -OCH3 is 1. The minimum absolute atomic E-state index is 0.311. The van der Waals surface area contributed by atoms with Crippen LogP contribution in [0, 0.1) is 0 Å². The van der Waals surface area contributed by atoms with E-state index in [1.807, 2.05) is 37.3 Å². The van der Waals surface area contributed by atoms with E-state index >= 15 is 0 Å². The van der Waals surface area contributed by atoms with Crippen LogP contribution in [0.3, 0.4) is 0 Å². The molecule has 0 fully saturated rings. The van der Waals surface area contributed by atoms with Gasteiger partial charge in [0.05, 0.1) is 19.0 Å². The Labute approximate surface area is 132 Å². The van der Waals surface area contributed by atoms with Gasteiger partial charge in [0.25, 0.3) is 5.56 Å². The lowest BCUT2D eigenvalue weighted by atomic mass is 10.2. The molecule has 7 heteroatoms. The van der Waals surface area contributed by atoms with Crippen LogP contribution in [0.25, 0.3) is 16.7 Å². The van der Waals surface area contributed by atoms with Gasteiger partial charge >= 0.3 is 5.97 Å². The summed E-state index contributed by atoms with van der Waals surface area (Å²) in [6, 6.07) is 8.73. The topological polar surface area (TPSA) is 79.0 Å². The smallest absolute Gasteiger partial charge is 0.329 e. The van der Waals surface area contributed by atoms with Gasteiger partial charge in [0.1, 0.15) is 17.8 Å². The molecule has 0 aliphatic carbocycles. The largest absolute Gasteiger partial charge is 0.467 e. The summed E-state index contributed by atoms with van der Waals surface area (Å²) in [7, 11) is 1.30. The van der Waals surface area contributed by atoms with E-state index in [4.69, 9.17) is 4.74 Å². The lowest BCUT2D eigenvalue weighted by Crippen LogP contribution is -2.30. The molecule has 0 saturated carbocycles. The number of hydrogen-bond donors (Lipinski definition) is 0. The second-order valence-electron chi connectivity index (χ2n) is 5.03. The molecule has 2 heterocycles. The highest BCUT2D eigenvalue weighted by Gasteiger charge is 2.22. The molecule has 0 N–H and O–H groups in total. The Kier molecular flexibility index (Phi) is 3.92. The Balaban J connectivity index is 2.15. The predicted octanol–water partition coefficient (Wildman–Crippen LogP) is 1.71. The van der Waals surface area contributed by atoms with E-state index in [0.29, 0.717) is 17.5 Å². The molecule has 0 unspecified atom stereocenters. The number of esters is 1. The standard InChI is InChI=1S/C16H16N4O3/c1-3-13(16(22)23-2)19-10-17-14-12(15(19)21)9-18-20(14)11-7-5-4-6-8-11/h4-10,13H,3H2,1-2H3/t13-/m1/s1. The van der Waals surface area contributed by atoms with E-state index < -0.39 is 12.0 Å². The molecule has 2 aromatic heterocycles. The zero-order valence-electron chi connectivity index (χ0n) is 12.8. The van der Waals surface area contributed by atoms with E-state index in [9.17, 15) is 9.59 Å². The fourth-order valence-electron chi connectivity index (χ4n) is 2.52. The Bertz CT molecular complexity index is 899. The lowest BCUT2D eigenvalue weighted by molar-refractivity contribution is -0.144. The summed E-state index contributed by atoms with van der Waals surface area (Å²) in [5, 5.41) is 4.60. The number of ether oxygens (including phenoxy) is 1. The Morgan fingerprint density at radius 3 is 2.70 bits per heavy atom. The molecule has 0 bridgehead atoms. The molecular formula is C16H16N4O3. The third-order valence-electron chi connectivity index (χ3n) is 3.71. The summed E-state index contributed by atoms with van der Waals surface area (Å²) >= 11 is 0. The number of hydrogen-bond acceptors (Lipinski definition) is 5. The summed E-state index contributed by atoms with van der Waals surface area (Å²) < 4.78 is 7.65.